The van der Waals surface area contributed by atoms with E-state index in [2.05, 4.69) is 10.6 Å². The number of amides is 3. The lowest BCUT2D eigenvalue weighted by Crippen LogP contribution is -2.57. The lowest BCUT2D eigenvalue weighted by atomic mass is 9.97. The third-order valence-corrected chi connectivity index (χ3v) is 6.16. The molecule has 218 valence electrons. The van der Waals surface area contributed by atoms with Gasteiger partial charge in [0.2, 0.25) is 5.91 Å². The number of benzene rings is 2. The van der Waals surface area contributed by atoms with E-state index in [1.54, 1.807) is 36.4 Å². The van der Waals surface area contributed by atoms with Crippen molar-refractivity contribution < 1.29 is 49.1 Å². The molecule has 2 aromatic carbocycles. The topological polar surface area (TPSA) is 195 Å². The zero-order valence-electron chi connectivity index (χ0n) is 22.0. The number of carbonyl (C=O) groups is 4. The zero-order chi connectivity index (χ0) is 30.3. The molecule has 1 fully saturated rings. The maximum atomic E-state index is 13.5. The molecule has 1 heterocycles. The molecule has 0 spiro atoms. The highest BCUT2D eigenvalue weighted by molar-refractivity contribution is 7.80. The molecule has 3 amide bonds. The van der Waals surface area contributed by atoms with Crippen LogP contribution in [0.3, 0.4) is 0 Å². The van der Waals surface area contributed by atoms with E-state index in [9.17, 15) is 39.6 Å². The molecule has 2 aromatic rings. The number of nitrogens with one attached hydrogen (secondary N) is 2. The average Bonchev–Trinajstić information content (AvgIpc) is 2.93. The minimum atomic E-state index is -1.94. The maximum Gasteiger partial charge on any atom is 0.332 e. The van der Waals surface area contributed by atoms with Crippen LogP contribution in [0.4, 0.5) is 5.69 Å². The summed E-state index contributed by atoms with van der Waals surface area (Å²) in [5.74, 6) is -2.90. The Morgan fingerprint density at radius 3 is 2.24 bits per heavy atom. The van der Waals surface area contributed by atoms with Gasteiger partial charge in [-0.05, 0) is 61.6 Å². The second-order valence-electron chi connectivity index (χ2n) is 8.94. The van der Waals surface area contributed by atoms with Crippen LogP contribution in [0, 0.1) is 0 Å². The third-order valence-electron chi connectivity index (χ3n) is 5.87. The summed E-state index contributed by atoms with van der Waals surface area (Å²) in [6.07, 6.45) is -6.05. The van der Waals surface area contributed by atoms with Crippen LogP contribution in [0.1, 0.15) is 13.8 Å². The maximum absolute atomic E-state index is 13.5. The number of anilines is 1. The van der Waals surface area contributed by atoms with E-state index in [0.29, 0.717) is 11.5 Å². The number of aliphatic carboxylic acids is 1. The molecule has 0 radical (unpaired) electrons. The summed E-state index contributed by atoms with van der Waals surface area (Å²) in [7, 11) is 0. The second kappa shape index (κ2) is 13.9. The molecule has 1 aliphatic heterocycles. The number of nitrogens with zero attached hydrogens (tertiary/aromatic N) is 1. The number of aliphatic hydroxyl groups excluding tert-OH is 3. The van der Waals surface area contributed by atoms with Crippen LogP contribution >= 0.6 is 12.2 Å². The number of hydrogen-bond acceptors (Lipinski definition) is 10. The number of carbonyl (C=O) groups excluding carboxylic acids is 3. The van der Waals surface area contributed by atoms with Gasteiger partial charge >= 0.3 is 5.97 Å². The van der Waals surface area contributed by atoms with Gasteiger partial charge in [0.05, 0.1) is 18.3 Å². The molecule has 1 aliphatic rings. The molecular weight excluding hydrogens is 558 g/mol. The van der Waals surface area contributed by atoms with Crippen LogP contribution in [0.5, 0.6) is 11.5 Å². The Kier molecular flexibility index (Phi) is 10.6. The fourth-order valence-corrected chi connectivity index (χ4v) is 4.11. The third kappa shape index (κ3) is 7.93. The number of aliphatic hydroxyl groups is 3. The van der Waals surface area contributed by atoms with Gasteiger partial charge in [-0.2, -0.15) is 0 Å². The predicted octanol–water partition coefficient (Wildman–Crippen LogP) is 0.230. The molecule has 3 unspecified atom stereocenters. The van der Waals surface area contributed by atoms with Gasteiger partial charge in [-0.25, -0.2) is 4.79 Å². The van der Waals surface area contributed by atoms with Gasteiger partial charge in [0.25, 0.3) is 11.8 Å². The van der Waals surface area contributed by atoms with Crippen LogP contribution in [-0.4, -0.2) is 86.3 Å². The van der Waals surface area contributed by atoms with Crippen molar-refractivity contribution in [2.24, 2.45) is 0 Å². The zero-order valence-corrected chi connectivity index (χ0v) is 22.8. The van der Waals surface area contributed by atoms with Crippen LogP contribution < -0.4 is 20.3 Å². The largest absolute Gasteiger partial charge is 0.479 e. The molecule has 41 heavy (non-hydrogen) atoms. The van der Waals surface area contributed by atoms with Crippen molar-refractivity contribution in [1.82, 2.24) is 10.6 Å². The first-order valence-electron chi connectivity index (χ1n) is 12.3. The van der Waals surface area contributed by atoms with Gasteiger partial charge in [0.1, 0.15) is 35.4 Å². The Bertz CT molecular complexity index is 1320. The van der Waals surface area contributed by atoms with Crippen molar-refractivity contribution in [3.63, 3.8) is 0 Å². The molecule has 13 nitrogen and oxygen atoms in total. The van der Waals surface area contributed by atoms with E-state index in [1.165, 1.54) is 12.1 Å². The molecule has 6 N–H and O–H groups in total. The van der Waals surface area contributed by atoms with Gasteiger partial charge in [-0.3, -0.25) is 24.6 Å². The number of ether oxygens (including phenoxy) is 2. The van der Waals surface area contributed by atoms with Gasteiger partial charge in [-0.1, -0.05) is 18.2 Å². The summed E-state index contributed by atoms with van der Waals surface area (Å²) < 4.78 is 11.1. The van der Waals surface area contributed by atoms with E-state index in [1.807, 2.05) is 6.07 Å². The summed E-state index contributed by atoms with van der Waals surface area (Å²) in [4.78, 5) is 50.8. The summed E-state index contributed by atoms with van der Waals surface area (Å²) in [5, 5.41) is 43.8. The van der Waals surface area contributed by atoms with Gasteiger partial charge < -0.3 is 35.2 Å². The van der Waals surface area contributed by atoms with E-state index in [4.69, 9.17) is 21.7 Å². The second-order valence-corrected chi connectivity index (χ2v) is 9.32. The molecule has 0 bridgehead atoms. The highest BCUT2D eigenvalue weighted by Crippen LogP contribution is 2.27. The molecule has 1 saturated heterocycles. The van der Waals surface area contributed by atoms with E-state index >= 15 is 0 Å². The Hall–Kier alpha value is -4.21. The monoisotopic (exact) mass is 587 g/mol. The number of rotatable bonds is 12. The lowest BCUT2D eigenvalue weighted by molar-refractivity contribution is -0.166. The van der Waals surface area contributed by atoms with Crippen molar-refractivity contribution in [2.45, 2.75) is 44.3 Å². The predicted molar refractivity (Wildman–Crippen MR) is 148 cm³/mol. The van der Waals surface area contributed by atoms with E-state index < -0.39 is 66.3 Å². The average molecular weight is 588 g/mol. The van der Waals surface area contributed by atoms with Crippen LogP contribution in [0.2, 0.25) is 0 Å². The summed E-state index contributed by atoms with van der Waals surface area (Å²) in [6.45, 7) is 1.30. The number of carboxylic acids is 1. The van der Waals surface area contributed by atoms with Gasteiger partial charge in [0.15, 0.2) is 11.2 Å². The van der Waals surface area contributed by atoms with Gasteiger partial charge in [0, 0.05) is 6.92 Å². The summed E-state index contributed by atoms with van der Waals surface area (Å²) >= 11 is 5.22. The smallest absolute Gasteiger partial charge is 0.332 e. The van der Waals surface area contributed by atoms with Crippen molar-refractivity contribution in [2.75, 3.05) is 11.5 Å². The molecule has 14 heteroatoms. The standard InChI is InChI=1S/C27H29N3O10S/c1-14(26(37)38)39-23(22(34)21(33)13-31)20(28-15(2)32)12-19-24(35)29-27(41)30(25(19)36)16-8-10-18(11-9-16)40-17-6-4-3-5-7-17/h3-12,14,20-23,31,33-34H,13H2,1-2H3,(H,28,32)(H,37,38)(H,29,35,41)/b19-12-/t14?,20-,21?,22+,23?/m0/s1. The molecule has 0 saturated carbocycles. The Balaban J connectivity index is 1.97. The number of para-hydroxylation sites is 1. The summed E-state index contributed by atoms with van der Waals surface area (Å²) in [6, 6.07) is 13.7. The first kappa shape index (κ1) is 31.3. The molecule has 3 rings (SSSR count). The Labute approximate surface area is 240 Å². The van der Waals surface area contributed by atoms with Crippen LogP contribution in [0.15, 0.2) is 66.2 Å². The highest BCUT2D eigenvalue weighted by Gasteiger charge is 2.40. The Morgan fingerprint density at radius 2 is 1.68 bits per heavy atom. The number of thiocarbonyl (C=S) groups is 1. The molecular formula is C27H29N3O10S. The van der Waals surface area contributed by atoms with Gasteiger partial charge in [-0.15, -0.1) is 0 Å². The number of hydrogen-bond donors (Lipinski definition) is 6. The minimum absolute atomic E-state index is 0.229. The van der Waals surface area contributed by atoms with Crippen LogP contribution in [-0.2, 0) is 23.9 Å². The fraction of sp³-hybridized carbons (Fsp3) is 0.296. The normalized spacial score (nSPS) is 18.2. The first-order chi connectivity index (χ1) is 19.4. The quantitative estimate of drug-likeness (QED) is 0.113. The molecule has 0 aliphatic carbocycles. The fourth-order valence-electron chi connectivity index (χ4n) is 3.83. The minimum Gasteiger partial charge on any atom is -0.479 e. The lowest BCUT2D eigenvalue weighted by Gasteiger charge is -2.34. The molecule has 5 atom stereocenters. The summed E-state index contributed by atoms with van der Waals surface area (Å²) in [5.41, 5.74) is -0.255. The first-order valence-corrected chi connectivity index (χ1v) is 12.7. The van der Waals surface area contributed by atoms with Crippen molar-refractivity contribution in [3.8, 4) is 11.5 Å². The van der Waals surface area contributed by atoms with Crippen molar-refractivity contribution in [1.29, 1.82) is 0 Å². The van der Waals surface area contributed by atoms with Crippen molar-refractivity contribution in [3.05, 3.63) is 66.2 Å². The highest BCUT2D eigenvalue weighted by atomic mass is 32.1. The van der Waals surface area contributed by atoms with Crippen LogP contribution in [0.25, 0.3) is 0 Å². The Morgan fingerprint density at radius 1 is 1.07 bits per heavy atom. The van der Waals surface area contributed by atoms with E-state index in [0.717, 1.165) is 24.8 Å². The SMILES string of the molecule is CC(=O)N[C@@H](/C=C1/C(=O)NC(=S)N(c2ccc(Oc3ccccc3)cc2)C1=O)C(OC(C)C(=O)O)[C@H](O)C(O)CO. The number of carboxylic acid groups (broad SMARTS) is 1. The molecule has 0 aromatic heterocycles. The van der Waals surface area contributed by atoms with E-state index in [-0.39, 0.29) is 10.8 Å². The van der Waals surface area contributed by atoms with Crippen molar-refractivity contribution >= 4 is 46.7 Å².